The van der Waals surface area contributed by atoms with Crippen LogP contribution in [-0.2, 0) is 0 Å². The fraction of sp³-hybridized carbons (Fsp3) is 0.0667. The number of carboxylic acid groups (broad SMARTS) is 1. The van der Waals surface area contributed by atoms with E-state index in [9.17, 15) is 13.6 Å². The maximum Gasteiger partial charge on any atom is 0.337 e. The Kier molecular flexibility index (Phi) is 4.27. The van der Waals surface area contributed by atoms with Crippen LogP contribution in [-0.4, -0.2) is 16.8 Å². The molecule has 0 heterocycles. The van der Waals surface area contributed by atoms with Gasteiger partial charge in [0.25, 0.3) is 0 Å². The van der Waals surface area contributed by atoms with Gasteiger partial charge in [0.1, 0.15) is 11.6 Å². The van der Waals surface area contributed by atoms with Crippen molar-refractivity contribution < 1.29 is 18.7 Å². The first-order valence-electron chi connectivity index (χ1n) is 6.07. The van der Waals surface area contributed by atoms with E-state index < -0.39 is 17.6 Å². The molecule has 0 aliphatic heterocycles. The highest BCUT2D eigenvalue weighted by Crippen LogP contribution is 2.16. The van der Waals surface area contributed by atoms with Gasteiger partial charge in [-0.3, -0.25) is 5.43 Å². The smallest absolute Gasteiger partial charge is 0.337 e. The maximum absolute atomic E-state index is 13.6. The van der Waals surface area contributed by atoms with Gasteiger partial charge in [0.15, 0.2) is 0 Å². The Labute approximate surface area is 119 Å². The van der Waals surface area contributed by atoms with Gasteiger partial charge in [-0.2, -0.15) is 5.10 Å². The Morgan fingerprint density at radius 2 is 1.86 bits per heavy atom. The largest absolute Gasteiger partial charge is 0.478 e. The number of aromatic carboxylic acids is 1. The van der Waals surface area contributed by atoms with Crippen LogP contribution in [0.25, 0.3) is 0 Å². The van der Waals surface area contributed by atoms with E-state index in [1.807, 2.05) is 0 Å². The molecule has 0 saturated heterocycles. The van der Waals surface area contributed by atoms with Crippen molar-refractivity contribution >= 4 is 17.4 Å². The fourth-order valence-corrected chi connectivity index (χ4v) is 1.75. The van der Waals surface area contributed by atoms with Crippen molar-refractivity contribution in [2.24, 2.45) is 5.10 Å². The second-order valence-corrected chi connectivity index (χ2v) is 4.28. The second-order valence-electron chi connectivity index (χ2n) is 4.28. The quantitative estimate of drug-likeness (QED) is 0.669. The topological polar surface area (TPSA) is 61.7 Å². The fourth-order valence-electron chi connectivity index (χ4n) is 1.75. The highest BCUT2D eigenvalue weighted by molar-refractivity contribution is 6.00. The summed E-state index contributed by atoms with van der Waals surface area (Å²) < 4.78 is 26.4. The van der Waals surface area contributed by atoms with Crippen LogP contribution < -0.4 is 5.43 Å². The molecule has 0 saturated carbocycles. The van der Waals surface area contributed by atoms with Crippen molar-refractivity contribution in [1.29, 1.82) is 0 Å². The number of para-hydroxylation sites is 1. The minimum Gasteiger partial charge on any atom is -0.478 e. The van der Waals surface area contributed by atoms with Crippen molar-refractivity contribution in [3.63, 3.8) is 0 Å². The SMILES string of the molecule is C/C(=N\Nc1ccccc1C(=O)O)c1ccc(F)cc1F. The van der Waals surface area contributed by atoms with Gasteiger partial charge in [-0.25, -0.2) is 13.6 Å². The summed E-state index contributed by atoms with van der Waals surface area (Å²) in [7, 11) is 0. The van der Waals surface area contributed by atoms with Crippen LogP contribution >= 0.6 is 0 Å². The molecular weight excluding hydrogens is 278 g/mol. The molecule has 2 aromatic rings. The zero-order chi connectivity index (χ0) is 15.4. The summed E-state index contributed by atoms with van der Waals surface area (Å²) >= 11 is 0. The van der Waals surface area contributed by atoms with Gasteiger partial charge in [-0.15, -0.1) is 0 Å². The molecule has 0 aromatic heterocycles. The van der Waals surface area contributed by atoms with Crippen LogP contribution in [0.15, 0.2) is 47.6 Å². The number of carboxylic acids is 1. The minimum absolute atomic E-state index is 0.0497. The molecule has 0 aliphatic rings. The van der Waals surface area contributed by atoms with Crippen molar-refractivity contribution in [2.75, 3.05) is 5.43 Å². The monoisotopic (exact) mass is 290 g/mol. The van der Waals surface area contributed by atoms with Gasteiger partial charge in [0.05, 0.1) is 17.0 Å². The van der Waals surface area contributed by atoms with Crippen LogP contribution in [0.3, 0.4) is 0 Å². The molecule has 4 nitrogen and oxygen atoms in total. The molecule has 2 rings (SSSR count). The Balaban J connectivity index is 2.27. The number of anilines is 1. The van der Waals surface area contributed by atoms with Gasteiger partial charge >= 0.3 is 5.97 Å². The number of nitrogens with zero attached hydrogens (tertiary/aromatic N) is 1. The Bertz CT molecular complexity index is 715. The summed E-state index contributed by atoms with van der Waals surface area (Å²) in [4.78, 5) is 11.0. The molecule has 0 fully saturated rings. The summed E-state index contributed by atoms with van der Waals surface area (Å²) in [5.41, 5.74) is 3.32. The third kappa shape index (κ3) is 3.42. The normalized spacial score (nSPS) is 11.3. The summed E-state index contributed by atoms with van der Waals surface area (Å²) in [5.74, 6) is -2.50. The number of halogens is 2. The predicted molar refractivity (Wildman–Crippen MR) is 75.6 cm³/mol. The standard InChI is InChI=1S/C15H12F2N2O2/c1-9(11-7-6-10(16)8-13(11)17)18-19-14-5-3-2-4-12(14)15(20)21/h2-8,19H,1H3,(H,20,21)/b18-9+. The van der Waals surface area contributed by atoms with Gasteiger partial charge < -0.3 is 5.11 Å². The summed E-state index contributed by atoms with van der Waals surface area (Å²) in [5, 5.41) is 13.0. The molecule has 0 radical (unpaired) electrons. The maximum atomic E-state index is 13.6. The number of benzene rings is 2. The van der Waals surface area contributed by atoms with Crippen molar-refractivity contribution in [3.8, 4) is 0 Å². The molecule has 0 atom stereocenters. The number of rotatable bonds is 4. The summed E-state index contributed by atoms with van der Waals surface area (Å²) in [6, 6.07) is 9.37. The molecule has 0 bridgehead atoms. The highest BCUT2D eigenvalue weighted by atomic mass is 19.1. The molecule has 0 aliphatic carbocycles. The van der Waals surface area contributed by atoms with E-state index in [-0.39, 0.29) is 22.5 Å². The number of hydrazone groups is 1. The Hall–Kier alpha value is -2.76. The van der Waals surface area contributed by atoms with Crippen molar-refractivity contribution in [2.45, 2.75) is 6.92 Å². The molecule has 2 aromatic carbocycles. The lowest BCUT2D eigenvalue weighted by molar-refractivity contribution is 0.0698. The predicted octanol–water partition coefficient (Wildman–Crippen LogP) is 3.50. The van der Waals surface area contributed by atoms with E-state index in [2.05, 4.69) is 10.5 Å². The molecule has 6 heteroatoms. The first-order chi connectivity index (χ1) is 9.99. The highest BCUT2D eigenvalue weighted by Gasteiger charge is 2.10. The first kappa shape index (κ1) is 14.6. The molecule has 2 N–H and O–H groups in total. The number of hydrogen-bond acceptors (Lipinski definition) is 3. The van der Waals surface area contributed by atoms with E-state index in [0.29, 0.717) is 0 Å². The molecule has 108 valence electrons. The van der Waals surface area contributed by atoms with Crippen LogP contribution in [0, 0.1) is 11.6 Å². The zero-order valence-corrected chi connectivity index (χ0v) is 11.1. The van der Waals surface area contributed by atoms with Crippen LogP contribution in [0.2, 0.25) is 0 Å². The number of carbonyl (C=O) groups is 1. The van der Waals surface area contributed by atoms with E-state index in [4.69, 9.17) is 5.11 Å². The summed E-state index contributed by atoms with van der Waals surface area (Å²) in [6.07, 6.45) is 0. The van der Waals surface area contributed by atoms with Crippen LogP contribution in [0.5, 0.6) is 0 Å². The average Bonchev–Trinajstić information content (AvgIpc) is 2.45. The molecule has 21 heavy (non-hydrogen) atoms. The molecule has 0 unspecified atom stereocenters. The van der Waals surface area contributed by atoms with E-state index in [1.165, 1.54) is 19.1 Å². The number of nitrogens with one attached hydrogen (secondary N) is 1. The Morgan fingerprint density at radius 3 is 2.52 bits per heavy atom. The van der Waals surface area contributed by atoms with Crippen molar-refractivity contribution in [1.82, 2.24) is 0 Å². The van der Waals surface area contributed by atoms with Gasteiger partial charge in [-0.1, -0.05) is 12.1 Å². The third-order valence-corrected chi connectivity index (χ3v) is 2.82. The van der Waals surface area contributed by atoms with E-state index in [0.717, 1.165) is 12.1 Å². The lowest BCUT2D eigenvalue weighted by Crippen LogP contribution is -2.06. The van der Waals surface area contributed by atoms with Crippen LogP contribution in [0.4, 0.5) is 14.5 Å². The summed E-state index contributed by atoms with van der Waals surface area (Å²) in [6.45, 7) is 1.53. The van der Waals surface area contributed by atoms with E-state index in [1.54, 1.807) is 18.2 Å². The molecular formula is C15H12F2N2O2. The van der Waals surface area contributed by atoms with Crippen LogP contribution in [0.1, 0.15) is 22.8 Å². The first-order valence-corrected chi connectivity index (χ1v) is 6.07. The number of hydrogen-bond donors (Lipinski definition) is 2. The minimum atomic E-state index is -1.10. The lowest BCUT2D eigenvalue weighted by Gasteiger charge is -2.07. The van der Waals surface area contributed by atoms with Gasteiger partial charge in [-0.05, 0) is 31.2 Å². The van der Waals surface area contributed by atoms with Gasteiger partial charge in [0.2, 0.25) is 0 Å². The average molecular weight is 290 g/mol. The Morgan fingerprint density at radius 1 is 1.14 bits per heavy atom. The van der Waals surface area contributed by atoms with E-state index >= 15 is 0 Å². The second kappa shape index (κ2) is 6.13. The zero-order valence-electron chi connectivity index (χ0n) is 11.1. The molecule has 0 amide bonds. The third-order valence-electron chi connectivity index (χ3n) is 2.82. The van der Waals surface area contributed by atoms with Crippen molar-refractivity contribution in [3.05, 3.63) is 65.2 Å². The lowest BCUT2D eigenvalue weighted by atomic mass is 10.1. The van der Waals surface area contributed by atoms with Gasteiger partial charge in [0, 0.05) is 11.6 Å². The molecule has 0 spiro atoms.